The molecule has 0 aliphatic heterocycles. The van der Waals surface area contributed by atoms with Crippen molar-refractivity contribution < 1.29 is 24.2 Å². The minimum absolute atomic E-state index is 0.0863. The number of hydrogen-bond donors (Lipinski definition) is 1. The second kappa shape index (κ2) is 37.3. The standard InChI is InChI=1S/C41H72O5/c1-3-5-7-9-11-13-15-17-19-20-22-24-26-28-30-32-34-36-41(44)46-39(37-42)38-45-40(43)35-33-31-29-27-25-23-21-18-16-14-12-10-8-6-4-2/h11,13,17,19,22,24,28,30,39,42H,3-10,12,14-16,18,20-21,23,25-27,29,31-38H2,1-2H3/b13-11-,19-17-,24-22-,30-28-/t39-/m1/s1. The van der Waals surface area contributed by atoms with E-state index >= 15 is 0 Å². The molecule has 46 heavy (non-hydrogen) atoms. The Labute approximate surface area is 284 Å². The van der Waals surface area contributed by atoms with Crippen LogP contribution in [0.4, 0.5) is 0 Å². The summed E-state index contributed by atoms with van der Waals surface area (Å²) >= 11 is 0. The van der Waals surface area contributed by atoms with Gasteiger partial charge in [0.25, 0.3) is 0 Å². The Balaban J connectivity index is 3.66. The molecular formula is C41H72O5. The molecule has 0 saturated carbocycles. The third-order valence-corrected chi connectivity index (χ3v) is 8.13. The Morgan fingerprint density at radius 1 is 0.500 bits per heavy atom. The number of esters is 2. The number of aliphatic hydroxyl groups excluding tert-OH is 1. The average molecular weight is 645 g/mol. The lowest BCUT2D eigenvalue weighted by Gasteiger charge is -2.15. The van der Waals surface area contributed by atoms with Gasteiger partial charge in [-0.3, -0.25) is 9.59 Å². The highest BCUT2D eigenvalue weighted by atomic mass is 16.6. The Kier molecular flexibility index (Phi) is 35.6. The van der Waals surface area contributed by atoms with E-state index in [1.165, 1.54) is 103 Å². The molecule has 0 radical (unpaired) electrons. The third-order valence-electron chi connectivity index (χ3n) is 8.13. The monoisotopic (exact) mass is 645 g/mol. The van der Waals surface area contributed by atoms with Crippen LogP contribution in [0.1, 0.15) is 181 Å². The van der Waals surface area contributed by atoms with Crippen LogP contribution < -0.4 is 0 Å². The zero-order valence-electron chi connectivity index (χ0n) is 30.1. The molecule has 0 saturated heterocycles. The van der Waals surface area contributed by atoms with Crippen molar-refractivity contribution in [2.75, 3.05) is 13.2 Å². The van der Waals surface area contributed by atoms with Crippen molar-refractivity contribution in [3.8, 4) is 0 Å². The maximum Gasteiger partial charge on any atom is 0.306 e. The van der Waals surface area contributed by atoms with E-state index in [1.54, 1.807) is 0 Å². The Bertz CT molecular complexity index is 782. The summed E-state index contributed by atoms with van der Waals surface area (Å²) in [6.07, 6.45) is 46.0. The van der Waals surface area contributed by atoms with E-state index in [-0.39, 0.29) is 31.6 Å². The molecule has 0 aliphatic rings. The van der Waals surface area contributed by atoms with Gasteiger partial charge in [0.1, 0.15) is 6.61 Å². The van der Waals surface area contributed by atoms with E-state index in [1.807, 2.05) is 0 Å². The average Bonchev–Trinajstić information content (AvgIpc) is 3.06. The molecule has 0 aliphatic carbocycles. The largest absolute Gasteiger partial charge is 0.462 e. The lowest BCUT2D eigenvalue weighted by molar-refractivity contribution is -0.161. The number of aliphatic hydroxyl groups is 1. The van der Waals surface area contributed by atoms with Gasteiger partial charge in [0, 0.05) is 12.8 Å². The van der Waals surface area contributed by atoms with Crippen LogP contribution in [-0.2, 0) is 19.1 Å². The molecule has 0 aromatic rings. The first kappa shape index (κ1) is 43.9. The first-order valence-electron chi connectivity index (χ1n) is 19.2. The molecule has 0 unspecified atom stereocenters. The molecule has 0 fully saturated rings. The fourth-order valence-corrected chi connectivity index (χ4v) is 5.19. The summed E-state index contributed by atoms with van der Waals surface area (Å²) in [5, 5.41) is 9.53. The zero-order valence-corrected chi connectivity index (χ0v) is 30.1. The summed E-state index contributed by atoms with van der Waals surface area (Å²) in [5.41, 5.74) is 0. The Morgan fingerprint density at radius 3 is 1.37 bits per heavy atom. The van der Waals surface area contributed by atoms with E-state index in [9.17, 15) is 14.7 Å². The predicted molar refractivity (Wildman–Crippen MR) is 196 cm³/mol. The van der Waals surface area contributed by atoms with Gasteiger partial charge in [0.05, 0.1) is 6.61 Å². The minimum Gasteiger partial charge on any atom is -0.462 e. The van der Waals surface area contributed by atoms with Crippen LogP contribution >= 0.6 is 0 Å². The molecule has 0 amide bonds. The van der Waals surface area contributed by atoms with E-state index in [4.69, 9.17) is 9.47 Å². The lowest BCUT2D eigenvalue weighted by atomic mass is 10.0. The fraction of sp³-hybridized carbons (Fsp3) is 0.756. The molecule has 1 atom stereocenters. The number of ether oxygens (including phenoxy) is 2. The summed E-state index contributed by atoms with van der Waals surface area (Å²) in [5.74, 6) is -0.655. The van der Waals surface area contributed by atoms with Gasteiger partial charge >= 0.3 is 11.9 Å². The second-order valence-corrected chi connectivity index (χ2v) is 12.7. The summed E-state index contributed by atoms with van der Waals surface area (Å²) in [7, 11) is 0. The van der Waals surface area contributed by atoms with Crippen LogP contribution in [0.25, 0.3) is 0 Å². The van der Waals surface area contributed by atoms with Crippen molar-refractivity contribution in [1.82, 2.24) is 0 Å². The predicted octanol–water partition coefficient (Wildman–Crippen LogP) is 11.8. The van der Waals surface area contributed by atoms with E-state index < -0.39 is 6.10 Å². The first-order chi connectivity index (χ1) is 22.6. The smallest absolute Gasteiger partial charge is 0.306 e. The van der Waals surface area contributed by atoms with Crippen molar-refractivity contribution in [1.29, 1.82) is 0 Å². The van der Waals surface area contributed by atoms with Gasteiger partial charge in [-0.25, -0.2) is 0 Å². The summed E-state index contributed by atoms with van der Waals surface area (Å²) < 4.78 is 10.6. The van der Waals surface area contributed by atoms with Crippen LogP contribution in [0, 0.1) is 0 Å². The maximum absolute atomic E-state index is 12.1. The Hall–Kier alpha value is -2.14. The van der Waals surface area contributed by atoms with Gasteiger partial charge in [-0.15, -0.1) is 0 Å². The van der Waals surface area contributed by atoms with E-state index in [2.05, 4.69) is 62.5 Å². The van der Waals surface area contributed by atoms with Crippen molar-refractivity contribution in [3.05, 3.63) is 48.6 Å². The Morgan fingerprint density at radius 2 is 0.891 bits per heavy atom. The normalized spacial score (nSPS) is 12.7. The molecular weight excluding hydrogens is 572 g/mol. The topological polar surface area (TPSA) is 72.8 Å². The first-order valence-corrected chi connectivity index (χ1v) is 19.2. The van der Waals surface area contributed by atoms with Crippen molar-refractivity contribution in [2.24, 2.45) is 0 Å². The number of carbonyl (C=O) groups is 2. The highest BCUT2D eigenvalue weighted by molar-refractivity contribution is 5.70. The van der Waals surface area contributed by atoms with Crippen molar-refractivity contribution in [2.45, 2.75) is 187 Å². The quantitative estimate of drug-likeness (QED) is 0.0429. The molecule has 5 nitrogen and oxygen atoms in total. The number of hydrogen-bond acceptors (Lipinski definition) is 5. The minimum atomic E-state index is -0.797. The number of carbonyl (C=O) groups excluding carboxylic acids is 2. The summed E-state index contributed by atoms with van der Waals surface area (Å²) in [4.78, 5) is 24.2. The molecule has 0 rings (SSSR count). The van der Waals surface area contributed by atoms with Crippen LogP contribution in [0.5, 0.6) is 0 Å². The van der Waals surface area contributed by atoms with Gasteiger partial charge in [0.2, 0.25) is 0 Å². The van der Waals surface area contributed by atoms with Gasteiger partial charge in [-0.1, -0.05) is 165 Å². The van der Waals surface area contributed by atoms with Crippen LogP contribution in [-0.4, -0.2) is 36.4 Å². The van der Waals surface area contributed by atoms with Crippen LogP contribution in [0.3, 0.4) is 0 Å². The molecule has 0 aromatic heterocycles. The highest BCUT2D eigenvalue weighted by Crippen LogP contribution is 2.14. The fourth-order valence-electron chi connectivity index (χ4n) is 5.19. The summed E-state index contributed by atoms with van der Waals surface area (Å²) in [6, 6.07) is 0. The highest BCUT2D eigenvalue weighted by Gasteiger charge is 2.15. The lowest BCUT2D eigenvalue weighted by Crippen LogP contribution is -2.28. The SMILES string of the molecule is CCCCC/C=C\C/C=C\C/C=C\C/C=C\CCCC(=O)O[C@H](CO)COC(=O)CCCCCCCCCCCCCCCCC. The third kappa shape index (κ3) is 34.7. The van der Waals surface area contributed by atoms with Crippen LogP contribution in [0.15, 0.2) is 48.6 Å². The van der Waals surface area contributed by atoms with E-state index in [0.717, 1.165) is 44.9 Å². The van der Waals surface area contributed by atoms with Gasteiger partial charge in [-0.2, -0.15) is 0 Å². The molecule has 1 N–H and O–H groups in total. The molecule has 266 valence electrons. The van der Waals surface area contributed by atoms with Crippen molar-refractivity contribution >= 4 is 11.9 Å². The van der Waals surface area contributed by atoms with Gasteiger partial charge < -0.3 is 14.6 Å². The number of rotatable bonds is 34. The molecule has 0 spiro atoms. The molecule has 5 heteroatoms. The van der Waals surface area contributed by atoms with E-state index in [0.29, 0.717) is 12.8 Å². The van der Waals surface area contributed by atoms with Gasteiger partial charge in [-0.05, 0) is 51.4 Å². The van der Waals surface area contributed by atoms with Crippen LogP contribution in [0.2, 0.25) is 0 Å². The molecule has 0 heterocycles. The summed E-state index contributed by atoms with van der Waals surface area (Å²) in [6.45, 7) is 4.06. The molecule has 0 aromatic carbocycles. The second-order valence-electron chi connectivity index (χ2n) is 12.7. The zero-order chi connectivity index (χ0) is 33.6. The molecule has 0 bridgehead atoms. The number of allylic oxidation sites excluding steroid dienone is 8. The maximum atomic E-state index is 12.1. The van der Waals surface area contributed by atoms with Gasteiger partial charge in [0.15, 0.2) is 6.10 Å². The van der Waals surface area contributed by atoms with Crippen molar-refractivity contribution in [3.63, 3.8) is 0 Å². The number of unbranched alkanes of at least 4 members (excludes halogenated alkanes) is 18.